The fourth-order valence-corrected chi connectivity index (χ4v) is 2.31. The topological polar surface area (TPSA) is 83.9 Å². The van der Waals surface area contributed by atoms with Gasteiger partial charge in [-0.15, -0.1) is 0 Å². The summed E-state index contributed by atoms with van der Waals surface area (Å²) in [6.45, 7) is 0.836. The highest BCUT2D eigenvalue weighted by Gasteiger charge is 2.24. The monoisotopic (exact) mass is 244 g/mol. The number of benzene rings is 1. The van der Waals surface area contributed by atoms with Gasteiger partial charge in [-0.1, -0.05) is 12.1 Å². The third-order valence-electron chi connectivity index (χ3n) is 3.16. The quantitative estimate of drug-likeness (QED) is 0.620. The van der Waals surface area contributed by atoms with E-state index >= 15 is 0 Å². The molecule has 0 amide bonds. The third kappa shape index (κ3) is 1.76. The maximum absolute atomic E-state index is 10.8. The van der Waals surface area contributed by atoms with E-state index in [1.807, 2.05) is 6.07 Å². The second-order valence-electron chi connectivity index (χ2n) is 4.26. The Morgan fingerprint density at radius 1 is 1.44 bits per heavy atom. The number of fused-ring (bicyclic) bond motifs is 1. The maximum atomic E-state index is 10.8. The summed E-state index contributed by atoms with van der Waals surface area (Å²) in [7, 11) is 0. The molecule has 0 unspecified atom stereocenters. The first kappa shape index (κ1) is 10.9. The number of rotatable bonds is 2. The highest BCUT2D eigenvalue weighted by atomic mass is 16.6. The van der Waals surface area contributed by atoms with Gasteiger partial charge in [-0.05, 0) is 5.56 Å². The van der Waals surface area contributed by atoms with E-state index in [9.17, 15) is 10.1 Å². The Bertz CT molecular complexity index is 593. The first-order valence-electron chi connectivity index (χ1n) is 5.75. The number of nitrogens with one attached hydrogen (secondary N) is 2. The summed E-state index contributed by atoms with van der Waals surface area (Å²) in [6.07, 6.45) is 2.57. The minimum atomic E-state index is -0.377. The number of nitrogens with zero attached hydrogens (tertiary/aromatic N) is 2. The number of aromatic amines is 1. The third-order valence-corrected chi connectivity index (χ3v) is 3.16. The van der Waals surface area contributed by atoms with Gasteiger partial charge in [0.1, 0.15) is 0 Å². The molecule has 1 aromatic carbocycles. The maximum Gasteiger partial charge on any atom is 0.269 e. The van der Waals surface area contributed by atoms with Crippen molar-refractivity contribution in [1.29, 1.82) is 0 Å². The minimum absolute atomic E-state index is 0.0695. The van der Waals surface area contributed by atoms with Crippen LogP contribution in [-0.4, -0.2) is 21.4 Å². The van der Waals surface area contributed by atoms with Gasteiger partial charge in [-0.25, -0.2) is 4.98 Å². The summed E-state index contributed by atoms with van der Waals surface area (Å²) in [5.41, 5.74) is 3.02. The molecule has 0 radical (unpaired) electrons. The Morgan fingerprint density at radius 2 is 2.33 bits per heavy atom. The summed E-state index contributed by atoms with van der Waals surface area (Å²) in [4.78, 5) is 17.8. The second-order valence-corrected chi connectivity index (χ2v) is 4.26. The molecule has 6 nitrogen and oxygen atoms in total. The predicted octanol–water partition coefficient (Wildman–Crippen LogP) is 1.55. The van der Waals surface area contributed by atoms with Crippen LogP contribution in [0.4, 0.5) is 5.69 Å². The van der Waals surface area contributed by atoms with E-state index in [0.717, 1.165) is 29.9 Å². The zero-order valence-corrected chi connectivity index (χ0v) is 9.59. The van der Waals surface area contributed by atoms with Crippen molar-refractivity contribution in [2.75, 3.05) is 6.54 Å². The molecule has 6 heteroatoms. The molecule has 1 aromatic heterocycles. The van der Waals surface area contributed by atoms with Gasteiger partial charge in [0.2, 0.25) is 0 Å². The summed E-state index contributed by atoms with van der Waals surface area (Å²) in [6, 6.07) is 6.61. The standard InChI is InChI=1S/C12H12N4O2/c17-16(18)9-3-1-2-8(6-9)11-12-10(4-5-13-11)14-7-15-12/h1-3,6-7,11,13H,4-5H2,(H,14,15)/t11-/m0/s1. The van der Waals surface area contributed by atoms with Gasteiger partial charge in [0.15, 0.2) is 0 Å². The average Bonchev–Trinajstić information content (AvgIpc) is 2.87. The van der Waals surface area contributed by atoms with Crippen LogP contribution in [0.5, 0.6) is 0 Å². The lowest BCUT2D eigenvalue weighted by atomic mass is 9.98. The van der Waals surface area contributed by atoms with Gasteiger partial charge in [-0.3, -0.25) is 10.1 Å². The van der Waals surface area contributed by atoms with Crippen LogP contribution in [0.15, 0.2) is 30.6 Å². The molecule has 0 aliphatic carbocycles. The van der Waals surface area contributed by atoms with Crippen LogP contribution in [0.3, 0.4) is 0 Å². The molecule has 2 N–H and O–H groups in total. The molecule has 18 heavy (non-hydrogen) atoms. The molecule has 0 saturated carbocycles. The number of hydrogen-bond acceptors (Lipinski definition) is 4. The number of hydrogen-bond donors (Lipinski definition) is 2. The van der Waals surface area contributed by atoms with Crippen LogP contribution < -0.4 is 5.32 Å². The van der Waals surface area contributed by atoms with Gasteiger partial charge in [0.05, 0.1) is 23.0 Å². The molecule has 1 aliphatic rings. The number of aromatic nitrogens is 2. The van der Waals surface area contributed by atoms with Crippen molar-refractivity contribution in [3.63, 3.8) is 0 Å². The highest BCUT2D eigenvalue weighted by Crippen LogP contribution is 2.28. The van der Waals surface area contributed by atoms with Crippen LogP contribution in [0.1, 0.15) is 23.0 Å². The molecule has 0 saturated heterocycles. The first-order valence-corrected chi connectivity index (χ1v) is 5.75. The van der Waals surface area contributed by atoms with Gasteiger partial charge in [0.25, 0.3) is 5.69 Å². The highest BCUT2D eigenvalue weighted by molar-refractivity contribution is 5.40. The van der Waals surface area contributed by atoms with Crippen LogP contribution >= 0.6 is 0 Å². The molecule has 0 bridgehead atoms. The van der Waals surface area contributed by atoms with Crippen molar-refractivity contribution < 1.29 is 4.92 Å². The molecule has 2 heterocycles. The zero-order chi connectivity index (χ0) is 12.5. The number of non-ortho nitro benzene ring substituents is 1. The number of H-pyrrole nitrogens is 1. The Morgan fingerprint density at radius 3 is 3.17 bits per heavy atom. The number of nitro groups is 1. The molecule has 3 rings (SSSR count). The minimum Gasteiger partial charge on any atom is -0.348 e. The summed E-state index contributed by atoms with van der Waals surface area (Å²) >= 11 is 0. The van der Waals surface area contributed by atoms with Crippen molar-refractivity contribution in [1.82, 2.24) is 15.3 Å². The summed E-state index contributed by atoms with van der Waals surface area (Å²) in [5.74, 6) is 0. The van der Waals surface area contributed by atoms with E-state index < -0.39 is 0 Å². The fraction of sp³-hybridized carbons (Fsp3) is 0.250. The number of imidazole rings is 1. The molecular weight excluding hydrogens is 232 g/mol. The smallest absolute Gasteiger partial charge is 0.269 e. The first-order chi connectivity index (χ1) is 8.75. The fourth-order valence-electron chi connectivity index (χ4n) is 2.31. The normalized spacial score (nSPS) is 18.3. The van der Waals surface area contributed by atoms with Crippen molar-refractivity contribution in [3.05, 3.63) is 57.7 Å². The molecule has 0 spiro atoms. The van der Waals surface area contributed by atoms with Crippen LogP contribution in [0.25, 0.3) is 0 Å². The van der Waals surface area contributed by atoms with Crippen molar-refractivity contribution in [2.45, 2.75) is 12.5 Å². The van der Waals surface area contributed by atoms with E-state index in [1.54, 1.807) is 18.5 Å². The Labute approximate surface area is 103 Å². The van der Waals surface area contributed by atoms with Gasteiger partial charge in [0, 0.05) is 30.8 Å². The summed E-state index contributed by atoms with van der Waals surface area (Å²) in [5, 5.41) is 14.1. The Balaban J connectivity index is 2.02. The lowest BCUT2D eigenvalue weighted by Gasteiger charge is -2.23. The molecule has 2 aromatic rings. The number of nitro benzene ring substituents is 1. The van der Waals surface area contributed by atoms with Gasteiger partial charge >= 0.3 is 0 Å². The Kier molecular flexibility index (Phi) is 2.56. The van der Waals surface area contributed by atoms with Gasteiger partial charge in [-0.2, -0.15) is 0 Å². The van der Waals surface area contributed by atoms with Crippen LogP contribution in [0, 0.1) is 10.1 Å². The zero-order valence-electron chi connectivity index (χ0n) is 9.59. The lowest BCUT2D eigenvalue weighted by Crippen LogP contribution is -2.30. The Hall–Kier alpha value is -2.21. The van der Waals surface area contributed by atoms with E-state index in [4.69, 9.17) is 0 Å². The van der Waals surface area contributed by atoms with E-state index in [-0.39, 0.29) is 16.7 Å². The summed E-state index contributed by atoms with van der Waals surface area (Å²) < 4.78 is 0. The molecule has 1 aliphatic heterocycles. The lowest BCUT2D eigenvalue weighted by molar-refractivity contribution is -0.384. The predicted molar refractivity (Wildman–Crippen MR) is 65.2 cm³/mol. The molecular formula is C12H12N4O2. The van der Waals surface area contributed by atoms with Crippen molar-refractivity contribution in [2.24, 2.45) is 0 Å². The van der Waals surface area contributed by atoms with Gasteiger partial charge < -0.3 is 10.3 Å². The van der Waals surface area contributed by atoms with E-state index in [0.29, 0.717) is 0 Å². The van der Waals surface area contributed by atoms with E-state index in [1.165, 1.54) is 6.07 Å². The van der Waals surface area contributed by atoms with Crippen molar-refractivity contribution in [3.8, 4) is 0 Å². The second kappa shape index (κ2) is 4.23. The largest absolute Gasteiger partial charge is 0.348 e. The van der Waals surface area contributed by atoms with Crippen LogP contribution in [-0.2, 0) is 6.42 Å². The average molecular weight is 244 g/mol. The van der Waals surface area contributed by atoms with E-state index in [2.05, 4.69) is 15.3 Å². The van der Waals surface area contributed by atoms with Crippen LogP contribution in [0.2, 0.25) is 0 Å². The molecule has 0 fully saturated rings. The molecule has 92 valence electrons. The van der Waals surface area contributed by atoms with Crippen molar-refractivity contribution >= 4 is 5.69 Å². The molecule has 1 atom stereocenters. The SMILES string of the molecule is O=[N+]([O-])c1cccc([C@@H]2NCCc3[nH]cnc32)c1.